The minimum atomic E-state index is -0.922. The predicted molar refractivity (Wildman–Crippen MR) is 99.2 cm³/mol. The van der Waals surface area contributed by atoms with Crippen LogP contribution in [0.1, 0.15) is 46.5 Å². The number of Topliss-reactive ketones (excluding diaryl/α,β-unsaturated/α-hetero) is 1. The van der Waals surface area contributed by atoms with Crippen LogP contribution >= 0.6 is 0 Å². The molecule has 138 valence electrons. The van der Waals surface area contributed by atoms with Crippen molar-refractivity contribution in [3.8, 4) is 11.5 Å². The van der Waals surface area contributed by atoms with Crippen molar-refractivity contribution in [3.05, 3.63) is 59.2 Å². The van der Waals surface area contributed by atoms with Gasteiger partial charge in [-0.1, -0.05) is 43.7 Å². The maximum atomic E-state index is 12.6. The number of carbonyl (C=O) groups is 2. The molecule has 0 aromatic heterocycles. The first-order chi connectivity index (χ1) is 12.5. The van der Waals surface area contributed by atoms with E-state index in [0.717, 1.165) is 12.8 Å². The summed E-state index contributed by atoms with van der Waals surface area (Å²) in [5.41, 5.74) is 1.85. The largest absolute Gasteiger partial charge is 0.496 e. The molecule has 0 amide bonds. The average Bonchev–Trinajstić information content (AvgIpc) is 2.67. The molecule has 1 atom stereocenters. The molecule has 0 aliphatic rings. The lowest BCUT2D eigenvalue weighted by Gasteiger charge is -2.16. The van der Waals surface area contributed by atoms with Gasteiger partial charge in [-0.2, -0.15) is 0 Å². The zero-order chi connectivity index (χ0) is 19.1. The minimum Gasteiger partial charge on any atom is -0.496 e. The van der Waals surface area contributed by atoms with Crippen LogP contribution in [0.25, 0.3) is 0 Å². The molecule has 0 N–H and O–H groups in total. The second-order valence-corrected chi connectivity index (χ2v) is 5.90. The maximum absolute atomic E-state index is 12.6. The zero-order valence-corrected chi connectivity index (χ0v) is 15.6. The zero-order valence-electron chi connectivity index (χ0n) is 15.6. The summed E-state index contributed by atoms with van der Waals surface area (Å²) < 4.78 is 15.8. The Hall–Kier alpha value is -2.82. The fourth-order valence-corrected chi connectivity index (χ4v) is 2.68. The molecule has 0 fully saturated rings. The van der Waals surface area contributed by atoms with Crippen LogP contribution in [0.2, 0.25) is 0 Å². The van der Waals surface area contributed by atoms with Crippen LogP contribution < -0.4 is 9.47 Å². The second kappa shape index (κ2) is 9.04. The molecule has 0 radical (unpaired) electrons. The Kier molecular flexibility index (Phi) is 6.78. The number of ether oxygens (including phenoxy) is 3. The first-order valence-corrected chi connectivity index (χ1v) is 8.56. The smallest absolute Gasteiger partial charge is 0.346 e. The first kappa shape index (κ1) is 19.5. The summed E-state index contributed by atoms with van der Waals surface area (Å²) in [6.45, 7) is 3.66. The molecule has 2 aromatic rings. The molecule has 0 bridgehead atoms. The third-order valence-electron chi connectivity index (χ3n) is 4.06. The van der Waals surface area contributed by atoms with E-state index in [1.54, 1.807) is 37.3 Å². The summed E-state index contributed by atoms with van der Waals surface area (Å²) in [6, 6.07) is 12.4. The molecule has 0 saturated heterocycles. The van der Waals surface area contributed by atoms with Crippen molar-refractivity contribution >= 4 is 11.8 Å². The summed E-state index contributed by atoms with van der Waals surface area (Å²) in [4.78, 5) is 25.1. The highest BCUT2D eigenvalue weighted by Gasteiger charge is 2.25. The van der Waals surface area contributed by atoms with Gasteiger partial charge in [-0.15, -0.1) is 0 Å². The summed E-state index contributed by atoms with van der Waals surface area (Å²) in [6.07, 6.45) is 1.09. The lowest BCUT2D eigenvalue weighted by molar-refractivity contribution is 0.0312. The number of methoxy groups -OCH3 is 2. The average molecular weight is 356 g/mol. The molecule has 5 nitrogen and oxygen atoms in total. The van der Waals surface area contributed by atoms with Gasteiger partial charge in [0, 0.05) is 5.56 Å². The number of ketones is 1. The molecule has 0 saturated carbocycles. The lowest BCUT2D eigenvalue weighted by Crippen LogP contribution is -2.25. The van der Waals surface area contributed by atoms with Crippen LogP contribution in [0.3, 0.4) is 0 Å². The first-order valence-electron chi connectivity index (χ1n) is 8.56. The van der Waals surface area contributed by atoms with Crippen LogP contribution in [0, 0.1) is 0 Å². The topological polar surface area (TPSA) is 61.8 Å². The highest BCUT2D eigenvalue weighted by molar-refractivity contribution is 6.02. The van der Waals surface area contributed by atoms with E-state index in [-0.39, 0.29) is 11.3 Å². The van der Waals surface area contributed by atoms with Crippen molar-refractivity contribution in [1.82, 2.24) is 0 Å². The number of aryl methyl sites for hydroxylation is 1. The van der Waals surface area contributed by atoms with Crippen LogP contribution in [-0.2, 0) is 11.2 Å². The molecule has 5 heteroatoms. The van der Waals surface area contributed by atoms with Gasteiger partial charge in [-0.25, -0.2) is 4.79 Å². The van der Waals surface area contributed by atoms with Gasteiger partial charge in [0.15, 0.2) is 6.10 Å². The SMILES string of the molecule is CCCc1ccc(C(=O)C(C)OC(=O)c2c(OC)cccc2OC)cc1. The van der Waals surface area contributed by atoms with E-state index in [1.165, 1.54) is 19.8 Å². The van der Waals surface area contributed by atoms with Crippen molar-refractivity contribution in [2.24, 2.45) is 0 Å². The van der Waals surface area contributed by atoms with Gasteiger partial charge in [-0.3, -0.25) is 4.79 Å². The number of hydrogen-bond donors (Lipinski definition) is 0. The van der Waals surface area contributed by atoms with Crippen LogP contribution in [0.15, 0.2) is 42.5 Å². The van der Waals surface area contributed by atoms with Gasteiger partial charge in [-0.05, 0) is 31.0 Å². The lowest BCUT2D eigenvalue weighted by atomic mass is 10.0. The Morgan fingerprint density at radius 1 is 0.962 bits per heavy atom. The van der Waals surface area contributed by atoms with Crippen molar-refractivity contribution < 1.29 is 23.8 Å². The van der Waals surface area contributed by atoms with Crippen molar-refractivity contribution in [2.45, 2.75) is 32.8 Å². The van der Waals surface area contributed by atoms with E-state index in [9.17, 15) is 9.59 Å². The Balaban J connectivity index is 2.15. The molecular formula is C21H24O5. The van der Waals surface area contributed by atoms with Gasteiger partial charge in [0.1, 0.15) is 17.1 Å². The standard InChI is InChI=1S/C21H24O5/c1-5-7-15-10-12-16(13-11-15)20(22)14(2)26-21(23)19-17(24-3)8-6-9-18(19)25-4/h6,8-14H,5,7H2,1-4H3. The van der Waals surface area contributed by atoms with E-state index in [0.29, 0.717) is 17.1 Å². The summed E-state index contributed by atoms with van der Waals surface area (Å²) in [5.74, 6) is -0.256. The molecule has 26 heavy (non-hydrogen) atoms. The molecular weight excluding hydrogens is 332 g/mol. The number of hydrogen-bond acceptors (Lipinski definition) is 5. The summed E-state index contributed by atoms with van der Waals surface area (Å²) >= 11 is 0. The Morgan fingerprint density at radius 3 is 2.04 bits per heavy atom. The number of benzene rings is 2. The van der Waals surface area contributed by atoms with E-state index >= 15 is 0 Å². The van der Waals surface area contributed by atoms with Crippen molar-refractivity contribution in [1.29, 1.82) is 0 Å². The Bertz CT molecular complexity index is 742. The van der Waals surface area contributed by atoms with Crippen LogP contribution in [-0.4, -0.2) is 32.1 Å². The molecule has 0 heterocycles. The normalized spacial score (nSPS) is 11.5. The van der Waals surface area contributed by atoms with E-state index < -0.39 is 12.1 Å². The molecule has 0 aliphatic carbocycles. The van der Waals surface area contributed by atoms with Crippen molar-refractivity contribution in [2.75, 3.05) is 14.2 Å². The van der Waals surface area contributed by atoms with E-state index in [2.05, 4.69) is 6.92 Å². The summed E-state index contributed by atoms with van der Waals surface area (Å²) in [7, 11) is 2.91. The molecule has 2 rings (SSSR count). The molecule has 2 aromatic carbocycles. The fraction of sp³-hybridized carbons (Fsp3) is 0.333. The van der Waals surface area contributed by atoms with Crippen LogP contribution in [0.5, 0.6) is 11.5 Å². The molecule has 0 spiro atoms. The fourth-order valence-electron chi connectivity index (χ4n) is 2.68. The van der Waals surface area contributed by atoms with Gasteiger partial charge >= 0.3 is 5.97 Å². The third-order valence-corrected chi connectivity index (χ3v) is 4.06. The van der Waals surface area contributed by atoms with Crippen LogP contribution in [0.4, 0.5) is 0 Å². The number of esters is 1. The highest BCUT2D eigenvalue weighted by atomic mass is 16.6. The maximum Gasteiger partial charge on any atom is 0.346 e. The quantitative estimate of drug-likeness (QED) is 0.527. The molecule has 1 unspecified atom stereocenters. The Morgan fingerprint density at radius 2 is 1.54 bits per heavy atom. The van der Waals surface area contributed by atoms with Gasteiger partial charge in [0.25, 0.3) is 0 Å². The predicted octanol–water partition coefficient (Wildman–Crippen LogP) is 4.08. The van der Waals surface area contributed by atoms with Gasteiger partial charge in [0.05, 0.1) is 14.2 Å². The minimum absolute atomic E-state index is 0.162. The number of carbonyl (C=O) groups excluding carboxylic acids is 2. The van der Waals surface area contributed by atoms with Gasteiger partial charge in [0.2, 0.25) is 5.78 Å². The third kappa shape index (κ3) is 4.42. The monoisotopic (exact) mass is 356 g/mol. The van der Waals surface area contributed by atoms with E-state index in [4.69, 9.17) is 14.2 Å². The molecule has 0 aliphatic heterocycles. The Labute approximate surface area is 153 Å². The van der Waals surface area contributed by atoms with Gasteiger partial charge < -0.3 is 14.2 Å². The second-order valence-electron chi connectivity index (χ2n) is 5.90. The van der Waals surface area contributed by atoms with E-state index in [1.807, 2.05) is 12.1 Å². The van der Waals surface area contributed by atoms with Crippen molar-refractivity contribution in [3.63, 3.8) is 0 Å². The summed E-state index contributed by atoms with van der Waals surface area (Å²) in [5, 5.41) is 0. The number of rotatable bonds is 8. The highest BCUT2D eigenvalue weighted by Crippen LogP contribution is 2.29.